The monoisotopic (exact) mass is 208 g/mol. The second kappa shape index (κ2) is 3.45. The fourth-order valence-electron chi connectivity index (χ4n) is 2.14. The number of carbonyl (C=O) groups is 1. The summed E-state index contributed by atoms with van der Waals surface area (Å²) in [7, 11) is 0. The average molecular weight is 208 g/mol. The number of carbonyl (C=O) groups excluding carboxylic acids is 1. The Labute approximate surface area is 88.8 Å². The number of aromatic nitrogens is 1. The molecule has 1 aliphatic carbocycles. The van der Waals surface area contributed by atoms with Crippen LogP contribution in [0.4, 0.5) is 0 Å². The smallest absolute Gasteiger partial charge is 0.168 e. The average Bonchev–Trinajstić information content (AvgIpc) is 2.46. The predicted molar refractivity (Wildman–Crippen MR) is 55.7 cm³/mol. The maximum Gasteiger partial charge on any atom is 0.168 e. The van der Waals surface area contributed by atoms with Crippen molar-refractivity contribution in [3.8, 4) is 0 Å². The molecule has 0 radical (unpaired) electrons. The maximum atomic E-state index is 11.9. The van der Waals surface area contributed by atoms with E-state index in [9.17, 15) is 4.79 Å². The highest BCUT2D eigenvalue weighted by molar-refractivity contribution is 5.99. The lowest BCUT2D eigenvalue weighted by atomic mass is 9.75. The molecule has 15 heavy (non-hydrogen) atoms. The maximum absolute atomic E-state index is 11.9. The van der Waals surface area contributed by atoms with Crippen molar-refractivity contribution >= 4 is 5.78 Å². The molecule has 4 heteroatoms. The van der Waals surface area contributed by atoms with E-state index in [1.807, 2.05) is 0 Å². The molecule has 1 aliphatic rings. The second-order valence-electron chi connectivity index (χ2n) is 4.91. The molecule has 1 aromatic rings. The van der Waals surface area contributed by atoms with Crippen molar-refractivity contribution in [2.24, 2.45) is 11.1 Å². The molecule has 0 saturated carbocycles. The van der Waals surface area contributed by atoms with Crippen molar-refractivity contribution in [3.63, 3.8) is 0 Å². The van der Waals surface area contributed by atoms with Gasteiger partial charge in [0.25, 0.3) is 0 Å². The minimum absolute atomic E-state index is 0.000934. The van der Waals surface area contributed by atoms with E-state index in [0.717, 1.165) is 12.1 Å². The van der Waals surface area contributed by atoms with Gasteiger partial charge in [0.1, 0.15) is 5.76 Å². The van der Waals surface area contributed by atoms with Crippen LogP contribution < -0.4 is 5.73 Å². The van der Waals surface area contributed by atoms with Crippen LogP contribution in [-0.2, 0) is 12.8 Å². The highest BCUT2D eigenvalue weighted by Crippen LogP contribution is 2.35. The van der Waals surface area contributed by atoms with Gasteiger partial charge in [0, 0.05) is 12.8 Å². The molecule has 2 N–H and O–H groups in total. The van der Waals surface area contributed by atoms with Crippen LogP contribution in [0.5, 0.6) is 0 Å². The minimum Gasteiger partial charge on any atom is -0.360 e. The summed E-state index contributed by atoms with van der Waals surface area (Å²) >= 11 is 0. The summed E-state index contributed by atoms with van der Waals surface area (Å²) in [4.78, 5) is 11.9. The molecule has 0 saturated heterocycles. The first kappa shape index (κ1) is 10.4. The Bertz CT molecular complexity index is 393. The molecule has 0 aliphatic heterocycles. The van der Waals surface area contributed by atoms with Gasteiger partial charge >= 0.3 is 0 Å². The van der Waals surface area contributed by atoms with Gasteiger partial charge in [-0.05, 0) is 18.4 Å². The number of fused-ring (bicyclic) bond motifs is 1. The quantitative estimate of drug-likeness (QED) is 0.796. The van der Waals surface area contributed by atoms with Gasteiger partial charge in [0.15, 0.2) is 5.78 Å². The van der Waals surface area contributed by atoms with Crippen molar-refractivity contribution in [2.75, 3.05) is 6.54 Å². The van der Waals surface area contributed by atoms with Gasteiger partial charge in [-0.1, -0.05) is 19.0 Å². The van der Waals surface area contributed by atoms with Gasteiger partial charge in [-0.25, -0.2) is 0 Å². The normalized spacial score (nSPS) is 19.0. The number of rotatable bonds is 2. The van der Waals surface area contributed by atoms with Gasteiger partial charge in [-0.2, -0.15) is 0 Å². The number of ketones is 1. The molecule has 4 nitrogen and oxygen atoms in total. The van der Waals surface area contributed by atoms with Crippen molar-refractivity contribution in [3.05, 3.63) is 17.0 Å². The zero-order chi connectivity index (χ0) is 11.1. The SMILES string of the molecule is CC1(C)CC(=O)c2c(noc2CCN)C1. The molecule has 0 fully saturated rings. The highest BCUT2D eigenvalue weighted by Gasteiger charge is 2.35. The number of hydrogen-bond donors (Lipinski definition) is 1. The topological polar surface area (TPSA) is 69.1 Å². The Morgan fingerprint density at radius 1 is 1.47 bits per heavy atom. The first-order chi connectivity index (χ1) is 7.03. The third-order valence-electron chi connectivity index (χ3n) is 2.77. The van der Waals surface area contributed by atoms with Crippen molar-refractivity contribution < 1.29 is 9.32 Å². The first-order valence-corrected chi connectivity index (χ1v) is 5.24. The number of nitrogens with zero attached hydrogens (tertiary/aromatic N) is 1. The number of nitrogens with two attached hydrogens (primary N) is 1. The molecule has 0 amide bonds. The van der Waals surface area contributed by atoms with Crippen LogP contribution >= 0.6 is 0 Å². The van der Waals surface area contributed by atoms with Gasteiger partial charge < -0.3 is 10.3 Å². The Kier molecular flexibility index (Phi) is 2.38. The molecule has 2 rings (SSSR count). The van der Waals surface area contributed by atoms with Crippen LogP contribution in [-0.4, -0.2) is 17.5 Å². The summed E-state index contributed by atoms with van der Waals surface area (Å²) < 4.78 is 5.17. The molecular formula is C11H16N2O2. The minimum atomic E-state index is 0.000934. The lowest BCUT2D eigenvalue weighted by Gasteiger charge is -2.26. The second-order valence-corrected chi connectivity index (χ2v) is 4.91. The van der Waals surface area contributed by atoms with Crippen LogP contribution in [0.15, 0.2) is 4.52 Å². The Balaban J connectivity index is 2.39. The molecule has 1 heterocycles. The van der Waals surface area contributed by atoms with E-state index in [0.29, 0.717) is 30.7 Å². The Morgan fingerprint density at radius 2 is 2.20 bits per heavy atom. The van der Waals surface area contributed by atoms with Crippen molar-refractivity contribution in [1.82, 2.24) is 5.16 Å². The van der Waals surface area contributed by atoms with Crippen molar-refractivity contribution in [2.45, 2.75) is 33.1 Å². The third kappa shape index (κ3) is 1.81. The predicted octanol–water partition coefficient (Wildman–Crippen LogP) is 1.33. The van der Waals surface area contributed by atoms with Crippen LogP contribution in [0.1, 0.15) is 42.1 Å². The van der Waals surface area contributed by atoms with E-state index in [2.05, 4.69) is 19.0 Å². The van der Waals surface area contributed by atoms with Gasteiger partial charge in [0.05, 0.1) is 11.3 Å². The number of Topliss-reactive ketones (excluding diaryl/α,β-unsaturated/α-hetero) is 1. The fraction of sp³-hybridized carbons (Fsp3) is 0.636. The molecule has 0 spiro atoms. The molecular weight excluding hydrogens is 192 g/mol. The van der Waals surface area contributed by atoms with Crippen LogP contribution in [0.3, 0.4) is 0 Å². The summed E-state index contributed by atoms with van der Waals surface area (Å²) in [5.41, 5.74) is 6.95. The largest absolute Gasteiger partial charge is 0.360 e. The van der Waals surface area contributed by atoms with Crippen LogP contribution in [0.2, 0.25) is 0 Å². The number of hydrogen-bond acceptors (Lipinski definition) is 4. The molecule has 82 valence electrons. The lowest BCUT2D eigenvalue weighted by molar-refractivity contribution is 0.0911. The summed E-state index contributed by atoms with van der Waals surface area (Å²) in [6, 6.07) is 0. The Hall–Kier alpha value is -1.16. The zero-order valence-corrected chi connectivity index (χ0v) is 9.17. The molecule has 1 aromatic heterocycles. The van der Waals surface area contributed by atoms with Crippen LogP contribution in [0.25, 0.3) is 0 Å². The van der Waals surface area contributed by atoms with E-state index in [1.165, 1.54) is 0 Å². The summed E-state index contributed by atoms with van der Waals surface area (Å²) in [6.07, 6.45) is 1.97. The fourth-order valence-corrected chi connectivity index (χ4v) is 2.14. The van der Waals surface area contributed by atoms with E-state index >= 15 is 0 Å². The van der Waals surface area contributed by atoms with Crippen LogP contribution in [0, 0.1) is 5.41 Å². The summed E-state index contributed by atoms with van der Waals surface area (Å²) in [5, 5.41) is 3.97. The van der Waals surface area contributed by atoms with Crippen molar-refractivity contribution in [1.29, 1.82) is 0 Å². The summed E-state index contributed by atoms with van der Waals surface area (Å²) in [5.74, 6) is 0.805. The van der Waals surface area contributed by atoms with E-state index in [-0.39, 0.29) is 11.2 Å². The van der Waals surface area contributed by atoms with E-state index in [4.69, 9.17) is 10.3 Å². The highest BCUT2D eigenvalue weighted by atomic mass is 16.5. The lowest BCUT2D eigenvalue weighted by Crippen LogP contribution is -2.27. The third-order valence-corrected chi connectivity index (χ3v) is 2.77. The van der Waals surface area contributed by atoms with Gasteiger partial charge in [0.2, 0.25) is 0 Å². The van der Waals surface area contributed by atoms with Gasteiger partial charge in [-0.15, -0.1) is 0 Å². The molecule has 0 aromatic carbocycles. The molecule has 0 bridgehead atoms. The zero-order valence-electron chi connectivity index (χ0n) is 9.17. The first-order valence-electron chi connectivity index (χ1n) is 5.24. The van der Waals surface area contributed by atoms with E-state index < -0.39 is 0 Å². The van der Waals surface area contributed by atoms with Gasteiger partial charge in [-0.3, -0.25) is 4.79 Å². The van der Waals surface area contributed by atoms with E-state index in [1.54, 1.807) is 0 Å². The summed E-state index contributed by atoms with van der Waals surface area (Å²) in [6.45, 7) is 4.63. The molecule has 0 unspecified atom stereocenters. The molecule has 0 atom stereocenters. The Morgan fingerprint density at radius 3 is 2.87 bits per heavy atom. The standard InChI is InChI=1S/C11H16N2O2/c1-11(2)5-7-10(8(14)6-11)9(3-4-12)15-13-7/h3-6,12H2,1-2H3.